The molecule has 5 nitrogen and oxygen atoms in total. The zero-order chi connectivity index (χ0) is 11.5. The standard InChI is InChI=1S/C11H19N3O2/c1-7-6-8(4-5-12-7)13-11(16)9-2-3-10(15)14-9/h7-9,12H,2-6H2,1H3,(H,13,16)(H,14,15). The molecule has 90 valence electrons. The summed E-state index contributed by atoms with van der Waals surface area (Å²) in [6.07, 6.45) is 3.04. The van der Waals surface area contributed by atoms with Gasteiger partial charge in [-0.05, 0) is 32.7 Å². The zero-order valence-electron chi connectivity index (χ0n) is 9.58. The van der Waals surface area contributed by atoms with E-state index in [-0.39, 0.29) is 23.9 Å². The molecule has 0 bridgehead atoms. The third kappa shape index (κ3) is 2.72. The van der Waals surface area contributed by atoms with Gasteiger partial charge in [0.05, 0.1) is 0 Å². The lowest BCUT2D eigenvalue weighted by Gasteiger charge is -2.29. The third-order valence-electron chi connectivity index (χ3n) is 3.28. The van der Waals surface area contributed by atoms with E-state index in [4.69, 9.17) is 0 Å². The molecule has 2 rings (SSSR count). The molecule has 2 fully saturated rings. The maximum atomic E-state index is 11.8. The number of piperidine rings is 1. The van der Waals surface area contributed by atoms with Gasteiger partial charge in [0, 0.05) is 18.5 Å². The molecule has 16 heavy (non-hydrogen) atoms. The van der Waals surface area contributed by atoms with E-state index in [1.165, 1.54) is 0 Å². The predicted molar refractivity (Wildman–Crippen MR) is 59.8 cm³/mol. The minimum atomic E-state index is -0.308. The summed E-state index contributed by atoms with van der Waals surface area (Å²) in [6, 6.07) is 0.399. The van der Waals surface area contributed by atoms with Gasteiger partial charge in [-0.2, -0.15) is 0 Å². The molecule has 2 aliphatic heterocycles. The monoisotopic (exact) mass is 225 g/mol. The first kappa shape index (κ1) is 11.4. The number of rotatable bonds is 2. The van der Waals surface area contributed by atoms with Crippen LogP contribution in [-0.2, 0) is 9.59 Å². The van der Waals surface area contributed by atoms with E-state index in [1.807, 2.05) is 0 Å². The summed E-state index contributed by atoms with van der Waals surface area (Å²) in [4.78, 5) is 22.8. The largest absolute Gasteiger partial charge is 0.351 e. The average Bonchev–Trinajstić information content (AvgIpc) is 2.65. The number of amides is 2. The first-order valence-corrected chi connectivity index (χ1v) is 5.98. The number of carbonyl (C=O) groups is 2. The lowest BCUT2D eigenvalue weighted by molar-refractivity contribution is -0.126. The summed E-state index contributed by atoms with van der Waals surface area (Å²) in [5, 5.41) is 9.05. The molecule has 0 aromatic rings. The van der Waals surface area contributed by atoms with Gasteiger partial charge in [-0.1, -0.05) is 0 Å². The van der Waals surface area contributed by atoms with Gasteiger partial charge in [-0.15, -0.1) is 0 Å². The van der Waals surface area contributed by atoms with Crippen molar-refractivity contribution in [3.05, 3.63) is 0 Å². The van der Waals surface area contributed by atoms with Crippen molar-refractivity contribution in [3.8, 4) is 0 Å². The molecule has 0 aromatic heterocycles. The molecule has 2 heterocycles. The topological polar surface area (TPSA) is 70.2 Å². The van der Waals surface area contributed by atoms with Crippen LogP contribution in [0.5, 0.6) is 0 Å². The number of hydrogen-bond acceptors (Lipinski definition) is 3. The molecule has 5 heteroatoms. The molecule has 0 aromatic carbocycles. The Morgan fingerprint density at radius 1 is 1.44 bits per heavy atom. The summed E-state index contributed by atoms with van der Waals surface area (Å²) >= 11 is 0. The van der Waals surface area contributed by atoms with Crippen LogP contribution in [-0.4, -0.2) is 36.5 Å². The molecule has 2 saturated heterocycles. The number of carbonyl (C=O) groups excluding carboxylic acids is 2. The van der Waals surface area contributed by atoms with E-state index < -0.39 is 0 Å². The van der Waals surface area contributed by atoms with Crippen molar-refractivity contribution in [2.75, 3.05) is 6.54 Å². The Hall–Kier alpha value is -1.10. The summed E-state index contributed by atoms with van der Waals surface area (Å²) in [7, 11) is 0. The normalized spacial score (nSPS) is 34.6. The maximum Gasteiger partial charge on any atom is 0.242 e. The van der Waals surface area contributed by atoms with Gasteiger partial charge in [0.15, 0.2) is 0 Å². The van der Waals surface area contributed by atoms with E-state index in [0.29, 0.717) is 18.9 Å². The van der Waals surface area contributed by atoms with Crippen LogP contribution in [0.3, 0.4) is 0 Å². The highest BCUT2D eigenvalue weighted by atomic mass is 16.2. The molecule has 2 amide bonds. The molecule has 0 spiro atoms. The maximum absolute atomic E-state index is 11.8. The number of nitrogens with one attached hydrogen (secondary N) is 3. The summed E-state index contributed by atoms with van der Waals surface area (Å²) in [5.41, 5.74) is 0. The fourth-order valence-corrected chi connectivity index (χ4v) is 2.38. The second kappa shape index (κ2) is 4.82. The van der Waals surface area contributed by atoms with Crippen LogP contribution >= 0.6 is 0 Å². The van der Waals surface area contributed by atoms with Crippen LogP contribution in [0.2, 0.25) is 0 Å². The van der Waals surface area contributed by atoms with Gasteiger partial charge in [0.2, 0.25) is 11.8 Å². The lowest BCUT2D eigenvalue weighted by atomic mass is 10.0. The minimum absolute atomic E-state index is 0.0150. The smallest absolute Gasteiger partial charge is 0.242 e. The highest BCUT2D eigenvalue weighted by molar-refractivity contribution is 5.90. The van der Waals surface area contributed by atoms with Gasteiger partial charge < -0.3 is 16.0 Å². The van der Waals surface area contributed by atoms with Crippen molar-refractivity contribution < 1.29 is 9.59 Å². The predicted octanol–water partition coefficient (Wildman–Crippen LogP) is -0.478. The van der Waals surface area contributed by atoms with E-state index in [1.54, 1.807) is 0 Å². The first-order chi connectivity index (χ1) is 7.65. The highest BCUT2D eigenvalue weighted by Gasteiger charge is 2.29. The van der Waals surface area contributed by atoms with Crippen molar-refractivity contribution in [3.63, 3.8) is 0 Å². The quantitative estimate of drug-likeness (QED) is 0.594. The summed E-state index contributed by atoms with van der Waals surface area (Å²) in [5.74, 6) is -0.0382. The van der Waals surface area contributed by atoms with Crippen LogP contribution in [0.1, 0.15) is 32.6 Å². The molecular weight excluding hydrogens is 206 g/mol. The second-order valence-corrected chi connectivity index (χ2v) is 4.74. The van der Waals surface area contributed by atoms with E-state index in [0.717, 1.165) is 19.4 Å². The highest BCUT2D eigenvalue weighted by Crippen LogP contribution is 2.11. The van der Waals surface area contributed by atoms with Crippen LogP contribution in [0.4, 0.5) is 0 Å². The average molecular weight is 225 g/mol. The molecular formula is C11H19N3O2. The van der Waals surface area contributed by atoms with Gasteiger partial charge in [0.1, 0.15) is 6.04 Å². The van der Waals surface area contributed by atoms with Crippen molar-refractivity contribution >= 4 is 11.8 Å². The molecule has 0 saturated carbocycles. The SMILES string of the molecule is CC1CC(NC(=O)C2CCC(=O)N2)CCN1. The fourth-order valence-electron chi connectivity index (χ4n) is 2.38. The molecule has 3 atom stereocenters. The van der Waals surface area contributed by atoms with Crippen LogP contribution in [0.25, 0.3) is 0 Å². The van der Waals surface area contributed by atoms with Crippen molar-refractivity contribution in [1.82, 2.24) is 16.0 Å². The summed E-state index contributed by atoms with van der Waals surface area (Å²) in [6.45, 7) is 3.07. The zero-order valence-corrected chi connectivity index (χ0v) is 9.58. The Bertz CT molecular complexity index is 293. The van der Waals surface area contributed by atoms with E-state index >= 15 is 0 Å². The Morgan fingerprint density at radius 2 is 2.25 bits per heavy atom. The van der Waals surface area contributed by atoms with Gasteiger partial charge in [-0.25, -0.2) is 0 Å². The molecule has 2 aliphatic rings. The van der Waals surface area contributed by atoms with E-state index in [9.17, 15) is 9.59 Å². The van der Waals surface area contributed by atoms with Crippen molar-refractivity contribution in [1.29, 1.82) is 0 Å². The lowest BCUT2D eigenvalue weighted by Crippen LogP contribution is -2.51. The molecule has 3 N–H and O–H groups in total. The van der Waals surface area contributed by atoms with Crippen molar-refractivity contribution in [2.45, 2.75) is 50.7 Å². The van der Waals surface area contributed by atoms with Crippen LogP contribution < -0.4 is 16.0 Å². The van der Waals surface area contributed by atoms with Crippen LogP contribution in [0, 0.1) is 0 Å². The molecule has 0 radical (unpaired) electrons. The minimum Gasteiger partial charge on any atom is -0.351 e. The van der Waals surface area contributed by atoms with Crippen LogP contribution in [0.15, 0.2) is 0 Å². The summed E-state index contributed by atoms with van der Waals surface area (Å²) < 4.78 is 0. The van der Waals surface area contributed by atoms with Crippen molar-refractivity contribution in [2.24, 2.45) is 0 Å². The molecule has 0 aliphatic carbocycles. The number of hydrogen-bond donors (Lipinski definition) is 3. The first-order valence-electron chi connectivity index (χ1n) is 5.98. The fraction of sp³-hybridized carbons (Fsp3) is 0.818. The van der Waals surface area contributed by atoms with Gasteiger partial charge in [0.25, 0.3) is 0 Å². The molecule has 3 unspecified atom stereocenters. The second-order valence-electron chi connectivity index (χ2n) is 4.74. The Kier molecular flexibility index (Phi) is 3.43. The Balaban J connectivity index is 1.80. The van der Waals surface area contributed by atoms with E-state index in [2.05, 4.69) is 22.9 Å². The Labute approximate surface area is 95.3 Å². The van der Waals surface area contributed by atoms with Gasteiger partial charge in [-0.3, -0.25) is 9.59 Å². The Morgan fingerprint density at radius 3 is 2.88 bits per heavy atom. The third-order valence-corrected chi connectivity index (χ3v) is 3.28. The van der Waals surface area contributed by atoms with Gasteiger partial charge >= 0.3 is 0 Å².